The van der Waals surface area contributed by atoms with Gasteiger partial charge in [-0.15, -0.1) is 0 Å². The molecule has 1 atom stereocenters. The predicted octanol–water partition coefficient (Wildman–Crippen LogP) is 2.01. The number of amides is 1. The van der Waals surface area contributed by atoms with Gasteiger partial charge in [-0.2, -0.15) is 0 Å². The van der Waals surface area contributed by atoms with Crippen LogP contribution in [0.15, 0.2) is 46.9 Å². The highest BCUT2D eigenvalue weighted by atomic mass is 16.4. The molecular weight excluding hydrogens is 258 g/mol. The summed E-state index contributed by atoms with van der Waals surface area (Å²) >= 11 is 0. The van der Waals surface area contributed by atoms with Crippen molar-refractivity contribution in [3.63, 3.8) is 0 Å². The zero-order valence-electron chi connectivity index (χ0n) is 11.0. The SMILES string of the molecule is Cc1ccc(C(=O)N[C@@H](Cc2ccccc2)C(=O)O)o1. The number of nitrogens with one attached hydrogen (secondary N) is 1. The van der Waals surface area contributed by atoms with Crippen molar-refractivity contribution in [2.75, 3.05) is 0 Å². The molecule has 2 N–H and O–H groups in total. The summed E-state index contributed by atoms with van der Waals surface area (Å²) in [6, 6.07) is 11.3. The van der Waals surface area contributed by atoms with Crippen LogP contribution in [-0.2, 0) is 11.2 Å². The normalized spacial score (nSPS) is 11.8. The summed E-state index contributed by atoms with van der Waals surface area (Å²) in [4.78, 5) is 23.1. The van der Waals surface area contributed by atoms with Crippen molar-refractivity contribution in [2.24, 2.45) is 0 Å². The molecule has 1 heterocycles. The van der Waals surface area contributed by atoms with Crippen LogP contribution in [0.2, 0.25) is 0 Å². The molecule has 5 heteroatoms. The largest absolute Gasteiger partial charge is 0.480 e. The van der Waals surface area contributed by atoms with E-state index in [0.29, 0.717) is 5.76 Å². The minimum atomic E-state index is -1.08. The monoisotopic (exact) mass is 273 g/mol. The van der Waals surface area contributed by atoms with Crippen molar-refractivity contribution in [2.45, 2.75) is 19.4 Å². The Labute approximate surface area is 116 Å². The van der Waals surface area contributed by atoms with Crippen LogP contribution in [0.1, 0.15) is 21.9 Å². The second-order valence-electron chi connectivity index (χ2n) is 4.46. The topological polar surface area (TPSA) is 79.5 Å². The van der Waals surface area contributed by atoms with E-state index in [1.165, 1.54) is 6.07 Å². The molecule has 104 valence electrons. The first-order chi connectivity index (χ1) is 9.56. The highest BCUT2D eigenvalue weighted by molar-refractivity contribution is 5.94. The van der Waals surface area contributed by atoms with Gasteiger partial charge < -0.3 is 14.8 Å². The fraction of sp³-hybridized carbons (Fsp3) is 0.200. The molecule has 0 fully saturated rings. The molecule has 0 aliphatic rings. The Hall–Kier alpha value is -2.56. The third-order valence-corrected chi connectivity index (χ3v) is 2.85. The van der Waals surface area contributed by atoms with Gasteiger partial charge >= 0.3 is 5.97 Å². The van der Waals surface area contributed by atoms with Gasteiger partial charge in [-0.05, 0) is 24.6 Å². The van der Waals surface area contributed by atoms with Crippen LogP contribution in [0.4, 0.5) is 0 Å². The summed E-state index contributed by atoms with van der Waals surface area (Å²) in [5.41, 5.74) is 0.843. The van der Waals surface area contributed by atoms with Gasteiger partial charge in [0.2, 0.25) is 0 Å². The van der Waals surface area contributed by atoms with Gasteiger partial charge in [0.1, 0.15) is 11.8 Å². The summed E-state index contributed by atoms with van der Waals surface area (Å²) in [5, 5.41) is 11.7. The number of rotatable bonds is 5. The van der Waals surface area contributed by atoms with Crippen LogP contribution in [0.3, 0.4) is 0 Å². The molecule has 5 nitrogen and oxygen atoms in total. The Morgan fingerprint density at radius 1 is 1.20 bits per heavy atom. The van der Waals surface area contributed by atoms with Crippen molar-refractivity contribution >= 4 is 11.9 Å². The molecule has 0 spiro atoms. The summed E-state index contributed by atoms with van der Waals surface area (Å²) in [7, 11) is 0. The number of carbonyl (C=O) groups excluding carboxylic acids is 1. The van der Waals surface area contributed by atoms with Gasteiger partial charge in [-0.1, -0.05) is 30.3 Å². The van der Waals surface area contributed by atoms with Crippen LogP contribution >= 0.6 is 0 Å². The van der Waals surface area contributed by atoms with Crippen molar-refractivity contribution in [1.82, 2.24) is 5.32 Å². The lowest BCUT2D eigenvalue weighted by Gasteiger charge is -2.13. The Morgan fingerprint density at radius 3 is 2.45 bits per heavy atom. The highest BCUT2D eigenvalue weighted by Crippen LogP contribution is 2.08. The summed E-state index contributed by atoms with van der Waals surface area (Å²) in [5.74, 6) is -0.890. The van der Waals surface area contributed by atoms with Crippen molar-refractivity contribution in [1.29, 1.82) is 0 Å². The average molecular weight is 273 g/mol. The molecule has 1 amide bonds. The van der Waals surface area contributed by atoms with Crippen LogP contribution < -0.4 is 5.32 Å². The van der Waals surface area contributed by atoms with Crippen LogP contribution in [0, 0.1) is 6.92 Å². The molecule has 1 aromatic heterocycles. The number of carbonyl (C=O) groups is 2. The number of furan rings is 1. The summed E-state index contributed by atoms with van der Waals surface area (Å²) in [6.07, 6.45) is 0.224. The maximum Gasteiger partial charge on any atom is 0.326 e. The number of carboxylic acid groups (broad SMARTS) is 1. The van der Waals surface area contributed by atoms with E-state index < -0.39 is 17.9 Å². The van der Waals surface area contributed by atoms with Crippen molar-refractivity contribution in [3.05, 3.63) is 59.5 Å². The highest BCUT2D eigenvalue weighted by Gasteiger charge is 2.22. The predicted molar refractivity (Wildman–Crippen MR) is 72.5 cm³/mol. The first-order valence-corrected chi connectivity index (χ1v) is 6.20. The maximum absolute atomic E-state index is 11.9. The van der Waals surface area contributed by atoms with E-state index in [1.54, 1.807) is 13.0 Å². The van der Waals surface area contributed by atoms with E-state index in [-0.39, 0.29) is 12.2 Å². The third-order valence-electron chi connectivity index (χ3n) is 2.85. The van der Waals surface area contributed by atoms with Gasteiger partial charge in [0, 0.05) is 6.42 Å². The van der Waals surface area contributed by atoms with Gasteiger partial charge in [-0.3, -0.25) is 4.79 Å². The molecule has 0 aliphatic carbocycles. The molecule has 0 saturated heterocycles. The second kappa shape index (κ2) is 6.06. The third kappa shape index (κ3) is 3.47. The van der Waals surface area contributed by atoms with Crippen molar-refractivity contribution < 1.29 is 19.1 Å². The van der Waals surface area contributed by atoms with Gasteiger partial charge in [-0.25, -0.2) is 4.79 Å². The molecule has 0 saturated carbocycles. The maximum atomic E-state index is 11.9. The molecule has 0 aliphatic heterocycles. The van der Waals surface area contributed by atoms with Gasteiger partial charge in [0.25, 0.3) is 5.91 Å². The lowest BCUT2D eigenvalue weighted by molar-refractivity contribution is -0.139. The Kier molecular flexibility index (Phi) is 4.20. The zero-order valence-corrected chi connectivity index (χ0v) is 11.0. The van der Waals surface area contributed by atoms with Crippen LogP contribution in [-0.4, -0.2) is 23.0 Å². The zero-order chi connectivity index (χ0) is 14.5. The summed E-state index contributed by atoms with van der Waals surface area (Å²) < 4.78 is 5.17. The number of benzene rings is 1. The fourth-order valence-electron chi connectivity index (χ4n) is 1.84. The minimum Gasteiger partial charge on any atom is -0.480 e. The minimum absolute atomic E-state index is 0.113. The number of hydrogen-bond acceptors (Lipinski definition) is 3. The van der Waals surface area contributed by atoms with E-state index in [4.69, 9.17) is 4.42 Å². The standard InChI is InChI=1S/C15H15NO4/c1-10-7-8-13(20-10)14(17)16-12(15(18)19)9-11-5-3-2-4-6-11/h2-8,12H,9H2,1H3,(H,16,17)(H,18,19)/t12-/m0/s1. The molecule has 0 radical (unpaired) electrons. The van der Waals surface area contributed by atoms with Gasteiger partial charge in [0.05, 0.1) is 0 Å². The van der Waals surface area contributed by atoms with E-state index in [0.717, 1.165) is 5.56 Å². The number of aliphatic carboxylic acids is 1. The molecule has 0 unspecified atom stereocenters. The molecule has 0 bridgehead atoms. The first-order valence-electron chi connectivity index (χ1n) is 6.20. The Morgan fingerprint density at radius 2 is 1.90 bits per heavy atom. The lowest BCUT2D eigenvalue weighted by atomic mass is 10.1. The van der Waals surface area contributed by atoms with Gasteiger partial charge in [0.15, 0.2) is 5.76 Å². The Balaban J connectivity index is 2.06. The molecule has 20 heavy (non-hydrogen) atoms. The first kappa shape index (κ1) is 13.9. The quantitative estimate of drug-likeness (QED) is 0.873. The average Bonchev–Trinajstić information content (AvgIpc) is 2.86. The molecular formula is C15H15NO4. The van der Waals surface area contributed by atoms with E-state index >= 15 is 0 Å². The molecule has 2 rings (SSSR count). The fourth-order valence-corrected chi connectivity index (χ4v) is 1.84. The Bertz CT molecular complexity index is 603. The molecule has 2 aromatic rings. The lowest BCUT2D eigenvalue weighted by Crippen LogP contribution is -2.42. The van der Waals surface area contributed by atoms with Crippen LogP contribution in [0.25, 0.3) is 0 Å². The van der Waals surface area contributed by atoms with Crippen LogP contribution in [0.5, 0.6) is 0 Å². The number of aryl methyl sites for hydroxylation is 1. The van der Waals surface area contributed by atoms with E-state index in [2.05, 4.69) is 5.32 Å². The summed E-state index contributed by atoms with van der Waals surface area (Å²) in [6.45, 7) is 1.72. The smallest absolute Gasteiger partial charge is 0.326 e. The second-order valence-corrected chi connectivity index (χ2v) is 4.46. The number of carboxylic acids is 1. The molecule has 1 aromatic carbocycles. The van der Waals surface area contributed by atoms with Crippen molar-refractivity contribution in [3.8, 4) is 0 Å². The number of hydrogen-bond donors (Lipinski definition) is 2. The van der Waals surface area contributed by atoms with E-state index in [9.17, 15) is 14.7 Å². The van der Waals surface area contributed by atoms with E-state index in [1.807, 2.05) is 30.3 Å².